The van der Waals surface area contributed by atoms with Gasteiger partial charge in [0.25, 0.3) is 0 Å². The van der Waals surface area contributed by atoms with Gasteiger partial charge in [-0.15, -0.1) is 0 Å². The number of hydrogen-bond donors (Lipinski definition) is 1. The molecule has 1 aliphatic rings. The zero-order chi connectivity index (χ0) is 11.7. The molecule has 0 aliphatic heterocycles. The topological polar surface area (TPSA) is 42.2 Å². The summed E-state index contributed by atoms with van der Waals surface area (Å²) in [6.45, 7) is 3.97. The maximum absolute atomic E-state index is 11.3. The van der Waals surface area contributed by atoms with Gasteiger partial charge in [-0.1, -0.05) is 0 Å². The number of nitrogens with zero attached hydrogens (tertiary/aromatic N) is 1. The van der Waals surface area contributed by atoms with Gasteiger partial charge < -0.3 is 9.67 Å². The van der Waals surface area contributed by atoms with Crippen molar-refractivity contribution in [3.63, 3.8) is 0 Å². The van der Waals surface area contributed by atoms with Crippen LogP contribution >= 0.6 is 0 Å². The highest BCUT2D eigenvalue weighted by Gasteiger charge is 2.21. The number of aryl methyl sites for hydroxylation is 2. The van der Waals surface area contributed by atoms with Crippen LogP contribution in [0.4, 0.5) is 0 Å². The normalized spacial score (nSPS) is 25.7. The molecule has 2 rings (SSSR count). The molecule has 0 atom stereocenters. The van der Waals surface area contributed by atoms with E-state index in [-0.39, 0.29) is 11.5 Å². The molecule has 3 heteroatoms. The maximum Gasteiger partial charge on any atom is 0.182 e. The second kappa shape index (κ2) is 4.42. The molecule has 1 fully saturated rings. The van der Waals surface area contributed by atoms with Crippen LogP contribution in [-0.4, -0.2) is 15.8 Å². The molecule has 1 aromatic heterocycles. The van der Waals surface area contributed by atoms with Crippen LogP contribution in [0.15, 0.2) is 16.9 Å². The van der Waals surface area contributed by atoms with Crippen LogP contribution in [0, 0.1) is 13.8 Å². The summed E-state index contributed by atoms with van der Waals surface area (Å²) in [4.78, 5) is 11.3. The average Bonchev–Trinajstić information content (AvgIpc) is 2.19. The van der Waals surface area contributed by atoms with Gasteiger partial charge in [0, 0.05) is 29.6 Å². The van der Waals surface area contributed by atoms with Crippen molar-refractivity contribution in [2.24, 2.45) is 0 Å². The summed E-state index contributed by atoms with van der Waals surface area (Å²) in [5, 5.41) is 9.50. The van der Waals surface area contributed by atoms with Crippen molar-refractivity contribution in [3.8, 4) is 0 Å². The zero-order valence-corrected chi connectivity index (χ0v) is 9.94. The first-order valence-electron chi connectivity index (χ1n) is 5.96. The number of hydrogen-bond acceptors (Lipinski definition) is 2. The molecule has 0 spiro atoms. The van der Waals surface area contributed by atoms with E-state index < -0.39 is 0 Å². The number of aromatic nitrogens is 1. The first-order chi connectivity index (χ1) is 7.58. The monoisotopic (exact) mass is 221 g/mol. The maximum atomic E-state index is 11.3. The van der Waals surface area contributed by atoms with E-state index in [4.69, 9.17) is 0 Å². The minimum absolute atomic E-state index is 0.0853. The highest BCUT2D eigenvalue weighted by molar-refractivity contribution is 5.13. The fourth-order valence-electron chi connectivity index (χ4n) is 2.76. The van der Waals surface area contributed by atoms with Crippen molar-refractivity contribution in [2.45, 2.75) is 51.7 Å². The predicted molar refractivity (Wildman–Crippen MR) is 63.7 cm³/mol. The third kappa shape index (κ3) is 2.19. The number of aliphatic hydroxyl groups is 1. The van der Waals surface area contributed by atoms with E-state index in [1.807, 2.05) is 13.8 Å². The third-order valence-electron chi connectivity index (χ3n) is 3.49. The molecule has 0 saturated heterocycles. The van der Waals surface area contributed by atoms with Gasteiger partial charge in [-0.3, -0.25) is 4.79 Å². The Morgan fingerprint density at radius 3 is 2.12 bits per heavy atom. The number of aliphatic hydroxyl groups excluding tert-OH is 1. The first-order valence-corrected chi connectivity index (χ1v) is 5.96. The summed E-state index contributed by atoms with van der Waals surface area (Å²) in [6, 6.07) is 3.83. The van der Waals surface area contributed by atoms with E-state index >= 15 is 0 Å². The van der Waals surface area contributed by atoms with Gasteiger partial charge >= 0.3 is 0 Å². The van der Waals surface area contributed by atoms with E-state index in [9.17, 15) is 9.90 Å². The molecule has 0 bridgehead atoms. The molecule has 1 aliphatic carbocycles. The van der Waals surface area contributed by atoms with Crippen LogP contribution in [0.2, 0.25) is 0 Å². The largest absolute Gasteiger partial charge is 0.393 e. The summed E-state index contributed by atoms with van der Waals surface area (Å²) in [5.41, 5.74) is 2.15. The van der Waals surface area contributed by atoms with Crippen LogP contribution in [0.3, 0.4) is 0 Å². The molecule has 0 aromatic carbocycles. The van der Waals surface area contributed by atoms with Crippen LogP contribution < -0.4 is 5.43 Å². The van der Waals surface area contributed by atoms with Gasteiger partial charge in [-0.05, 0) is 39.5 Å². The molecule has 16 heavy (non-hydrogen) atoms. The van der Waals surface area contributed by atoms with Crippen molar-refractivity contribution in [1.82, 2.24) is 4.57 Å². The average molecular weight is 221 g/mol. The Labute approximate surface area is 95.7 Å². The Kier molecular flexibility index (Phi) is 3.15. The summed E-state index contributed by atoms with van der Waals surface area (Å²) < 4.78 is 2.24. The van der Waals surface area contributed by atoms with Gasteiger partial charge in [0.2, 0.25) is 0 Å². The molecule has 1 aromatic rings. The van der Waals surface area contributed by atoms with Crippen molar-refractivity contribution in [3.05, 3.63) is 33.7 Å². The Morgan fingerprint density at radius 2 is 1.62 bits per heavy atom. The fourth-order valence-corrected chi connectivity index (χ4v) is 2.76. The lowest BCUT2D eigenvalue weighted by molar-refractivity contribution is 0.109. The molecule has 1 N–H and O–H groups in total. The minimum atomic E-state index is -0.128. The van der Waals surface area contributed by atoms with E-state index in [1.54, 1.807) is 12.1 Å². The lowest BCUT2D eigenvalue weighted by Crippen LogP contribution is -2.24. The molecule has 1 saturated carbocycles. The molecule has 3 nitrogen and oxygen atoms in total. The van der Waals surface area contributed by atoms with Crippen molar-refractivity contribution < 1.29 is 5.11 Å². The highest BCUT2D eigenvalue weighted by Crippen LogP contribution is 2.29. The van der Waals surface area contributed by atoms with Crippen LogP contribution in [0.25, 0.3) is 0 Å². The van der Waals surface area contributed by atoms with E-state index in [2.05, 4.69) is 4.57 Å². The summed E-state index contributed by atoms with van der Waals surface area (Å²) in [6.07, 6.45) is 3.62. The lowest BCUT2D eigenvalue weighted by atomic mass is 9.92. The Bertz CT molecular complexity index is 402. The van der Waals surface area contributed by atoms with Gasteiger partial charge in [0.1, 0.15) is 0 Å². The lowest BCUT2D eigenvalue weighted by Gasteiger charge is -2.30. The number of pyridine rings is 1. The molecule has 0 amide bonds. The van der Waals surface area contributed by atoms with Crippen LogP contribution in [-0.2, 0) is 0 Å². The quantitative estimate of drug-likeness (QED) is 0.787. The summed E-state index contributed by atoms with van der Waals surface area (Å²) in [7, 11) is 0. The van der Waals surface area contributed by atoms with Gasteiger partial charge in [-0.2, -0.15) is 0 Å². The van der Waals surface area contributed by atoms with E-state index in [1.165, 1.54) is 0 Å². The molecule has 1 heterocycles. The standard InChI is InChI=1S/C13H19NO2/c1-9-7-13(16)8-10(2)14(9)11-3-5-12(15)6-4-11/h7-8,11-12,15H,3-6H2,1-2H3. The minimum Gasteiger partial charge on any atom is -0.393 e. The van der Waals surface area contributed by atoms with Crippen molar-refractivity contribution >= 4 is 0 Å². The van der Waals surface area contributed by atoms with Gasteiger partial charge in [-0.25, -0.2) is 0 Å². The molecule has 88 valence electrons. The Balaban J connectivity index is 2.30. The summed E-state index contributed by atoms with van der Waals surface area (Å²) >= 11 is 0. The fraction of sp³-hybridized carbons (Fsp3) is 0.615. The smallest absolute Gasteiger partial charge is 0.182 e. The van der Waals surface area contributed by atoms with Gasteiger partial charge in [0.05, 0.1) is 6.10 Å². The molecular weight excluding hydrogens is 202 g/mol. The zero-order valence-electron chi connectivity index (χ0n) is 9.94. The Morgan fingerprint density at radius 1 is 1.12 bits per heavy atom. The second-order valence-electron chi connectivity index (χ2n) is 4.81. The number of rotatable bonds is 1. The molecular formula is C13H19NO2. The first kappa shape index (κ1) is 11.4. The van der Waals surface area contributed by atoms with E-state index in [0.29, 0.717) is 6.04 Å². The van der Waals surface area contributed by atoms with Crippen LogP contribution in [0.5, 0.6) is 0 Å². The SMILES string of the molecule is Cc1cc(=O)cc(C)n1C1CCC(O)CC1. The van der Waals surface area contributed by atoms with Crippen LogP contribution in [0.1, 0.15) is 43.1 Å². The third-order valence-corrected chi connectivity index (χ3v) is 3.49. The molecule has 0 unspecified atom stereocenters. The van der Waals surface area contributed by atoms with E-state index in [0.717, 1.165) is 37.1 Å². The summed E-state index contributed by atoms with van der Waals surface area (Å²) in [5.74, 6) is 0. The molecule has 0 radical (unpaired) electrons. The Hall–Kier alpha value is -1.09. The second-order valence-corrected chi connectivity index (χ2v) is 4.81. The predicted octanol–water partition coefficient (Wildman–Crippen LogP) is 1.94. The van der Waals surface area contributed by atoms with Crippen molar-refractivity contribution in [1.29, 1.82) is 0 Å². The van der Waals surface area contributed by atoms with Crippen molar-refractivity contribution in [2.75, 3.05) is 0 Å². The van der Waals surface area contributed by atoms with Gasteiger partial charge in [0.15, 0.2) is 5.43 Å². The highest BCUT2D eigenvalue weighted by atomic mass is 16.3.